The minimum absolute atomic E-state index is 0.0973. The summed E-state index contributed by atoms with van der Waals surface area (Å²) in [5, 5.41) is 11.6. The van der Waals surface area contributed by atoms with Crippen LogP contribution in [-0.2, 0) is 18.3 Å². The molecule has 0 bridgehead atoms. The molecule has 1 aliphatic carbocycles. The minimum Gasteiger partial charge on any atom is -0.493 e. The van der Waals surface area contributed by atoms with Crippen molar-refractivity contribution in [1.29, 1.82) is 0 Å². The van der Waals surface area contributed by atoms with Gasteiger partial charge in [-0.05, 0) is 56.5 Å². The van der Waals surface area contributed by atoms with Gasteiger partial charge in [0.15, 0.2) is 0 Å². The van der Waals surface area contributed by atoms with Crippen molar-refractivity contribution in [3.63, 3.8) is 0 Å². The van der Waals surface area contributed by atoms with Crippen molar-refractivity contribution in [1.82, 2.24) is 19.6 Å². The molecular formula is C30H31ClF3N5O4. The second kappa shape index (κ2) is 12.7. The molecule has 0 radical (unpaired) electrons. The molecule has 1 amide bonds. The van der Waals surface area contributed by atoms with Gasteiger partial charge in [-0.1, -0.05) is 36.2 Å². The first-order valence-corrected chi connectivity index (χ1v) is 14.4. The second-order valence-corrected chi connectivity index (χ2v) is 10.9. The van der Waals surface area contributed by atoms with Gasteiger partial charge in [0.2, 0.25) is 11.8 Å². The van der Waals surface area contributed by atoms with E-state index in [0.29, 0.717) is 60.2 Å². The molecule has 2 aromatic heterocycles. The lowest BCUT2D eigenvalue weighted by Crippen LogP contribution is -2.30. The van der Waals surface area contributed by atoms with E-state index in [0.717, 1.165) is 0 Å². The van der Waals surface area contributed by atoms with Crippen LogP contribution in [-0.4, -0.2) is 38.3 Å². The average molecular weight is 618 g/mol. The third-order valence-electron chi connectivity index (χ3n) is 7.59. The van der Waals surface area contributed by atoms with Crippen LogP contribution in [0.25, 0.3) is 17.1 Å². The lowest BCUT2D eigenvalue weighted by Gasteiger charge is -2.26. The molecule has 228 valence electrons. The Morgan fingerprint density at radius 1 is 1.16 bits per heavy atom. The van der Waals surface area contributed by atoms with Crippen molar-refractivity contribution < 1.29 is 27.1 Å². The lowest BCUT2D eigenvalue weighted by molar-refractivity contribution is -0.134. The molecule has 1 aliphatic rings. The van der Waals surface area contributed by atoms with Crippen LogP contribution in [0.5, 0.6) is 5.75 Å². The van der Waals surface area contributed by atoms with Crippen molar-refractivity contribution in [2.75, 3.05) is 11.9 Å². The van der Waals surface area contributed by atoms with E-state index in [-0.39, 0.29) is 23.2 Å². The topological polar surface area (TPSA) is 104 Å². The van der Waals surface area contributed by atoms with Crippen molar-refractivity contribution in [3.8, 4) is 22.9 Å². The largest absolute Gasteiger partial charge is 0.493 e. The third kappa shape index (κ3) is 6.79. The summed E-state index contributed by atoms with van der Waals surface area (Å²) in [4.78, 5) is 27.0. The zero-order valence-electron chi connectivity index (χ0n) is 23.7. The van der Waals surface area contributed by atoms with E-state index in [1.807, 2.05) is 6.92 Å². The molecule has 1 fully saturated rings. The van der Waals surface area contributed by atoms with Gasteiger partial charge in [-0.3, -0.25) is 14.3 Å². The van der Waals surface area contributed by atoms with Crippen molar-refractivity contribution in [2.24, 2.45) is 13.0 Å². The van der Waals surface area contributed by atoms with E-state index in [2.05, 4.69) is 15.5 Å². The number of nitrogens with zero attached hydrogens (tertiary/aromatic N) is 4. The highest BCUT2D eigenvalue weighted by molar-refractivity contribution is 6.30. The van der Waals surface area contributed by atoms with Gasteiger partial charge in [-0.2, -0.15) is 13.2 Å². The molecule has 13 heteroatoms. The number of halogens is 4. The highest BCUT2D eigenvalue weighted by Gasteiger charge is 2.34. The van der Waals surface area contributed by atoms with E-state index >= 15 is 0 Å². The molecule has 1 saturated carbocycles. The number of hydrogen-bond acceptors (Lipinski definition) is 6. The average Bonchev–Trinajstić information content (AvgIpc) is 3.56. The quantitative estimate of drug-likeness (QED) is 0.225. The van der Waals surface area contributed by atoms with Crippen molar-refractivity contribution in [3.05, 3.63) is 75.5 Å². The van der Waals surface area contributed by atoms with E-state index in [9.17, 15) is 22.8 Å². The molecule has 0 aliphatic heterocycles. The van der Waals surface area contributed by atoms with Crippen LogP contribution >= 0.6 is 11.6 Å². The van der Waals surface area contributed by atoms with Gasteiger partial charge in [0, 0.05) is 36.7 Å². The summed E-state index contributed by atoms with van der Waals surface area (Å²) in [5.41, 5.74) is 0.385. The molecular weight excluding hydrogens is 587 g/mol. The summed E-state index contributed by atoms with van der Waals surface area (Å²) in [6.45, 7) is 2.29. The molecule has 2 atom stereocenters. The van der Waals surface area contributed by atoms with Gasteiger partial charge in [0.05, 0.1) is 23.6 Å². The number of ether oxygens (including phenoxy) is 1. The lowest BCUT2D eigenvalue weighted by atomic mass is 9.81. The van der Waals surface area contributed by atoms with Gasteiger partial charge >= 0.3 is 6.18 Å². The summed E-state index contributed by atoms with van der Waals surface area (Å²) in [6, 6.07) is 13.7. The monoisotopic (exact) mass is 617 g/mol. The van der Waals surface area contributed by atoms with Gasteiger partial charge in [0.25, 0.3) is 11.4 Å². The molecule has 2 aromatic carbocycles. The first kappa shape index (κ1) is 30.4. The van der Waals surface area contributed by atoms with E-state index in [4.69, 9.17) is 20.8 Å². The summed E-state index contributed by atoms with van der Waals surface area (Å²) in [7, 11) is 1.51. The summed E-state index contributed by atoms with van der Waals surface area (Å²) >= 11 is 6.18. The Balaban J connectivity index is 1.37. The number of benzene rings is 2. The van der Waals surface area contributed by atoms with Crippen LogP contribution in [0.2, 0.25) is 5.02 Å². The normalized spacial score (nSPS) is 17.2. The molecule has 2 heterocycles. The number of nitrogens with one attached hydrogen (secondary N) is 1. The van der Waals surface area contributed by atoms with E-state index in [1.165, 1.54) is 16.4 Å². The van der Waals surface area contributed by atoms with E-state index < -0.39 is 36.4 Å². The fourth-order valence-electron chi connectivity index (χ4n) is 5.52. The van der Waals surface area contributed by atoms with Gasteiger partial charge in [0.1, 0.15) is 11.4 Å². The van der Waals surface area contributed by atoms with Crippen LogP contribution in [0.4, 0.5) is 18.9 Å². The molecule has 0 unspecified atom stereocenters. The second-order valence-electron chi connectivity index (χ2n) is 10.5. The summed E-state index contributed by atoms with van der Waals surface area (Å²) < 4.78 is 53.8. The smallest absolute Gasteiger partial charge is 0.389 e. The van der Waals surface area contributed by atoms with Crippen molar-refractivity contribution >= 4 is 23.2 Å². The maximum Gasteiger partial charge on any atom is 0.389 e. The first-order valence-electron chi connectivity index (χ1n) is 14.1. The molecule has 0 saturated heterocycles. The van der Waals surface area contributed by atoms with Gasteiger partial charge < -0.3 is 14.5 Å². The Labute approximate surface area is 250 Å². The van der Waals surface area contributed by atoms with Gasteiger partial charge in [-0.25, -0.2) is 4.68 Å². The molecule has 5 rings (SSSR count). The fraction of sp³-hybridized carbons (Fsp3) is 0.400. The number of hydrogen-bond donors (Lipinski definition) is 1. The van der Waals surface area contributed by atoms with E-state index in [1.54, 1.807) is 48.5 Å². The standard InChI is InChI=1S/C30H31ClF3N5O4/c1-3-42-24-13-12-20(31)17-22(24)28-37-36-27(43-28)19-9-7-8-18(16-19)26(40)35-25-23(14-15-30(32,33)34)38(2)39(29(25)41)21-10-5-4-6-11-21/h4-6,10-13,17-19H,3,7-9,14-16H2,1-2H3,(H,35,40)/t18-,19+/m1/s1. The number of carbonyl (C=O) groups is 1. The number of aromatic nitrogens is 4. The van der Waals surface area contributed by atoms with Crippen LogP contribution in [0.3, 0.4) is 0 Å². The molecule has 0 spiro atoms. The first-order chi connectivity index (χ1) is 20.6. The highest BCUT2D eigenvalue weighted by Crippen LogP contribution is 2.39. The zero-order chi connectivity index (χ0) is 30.7. The molecule has 1 N–H and O–H groups in total. The Hall–Kier alpha value is -4.06. The predicted molar refractivity (Wildman–Crippen MR) is 155 cm³/mol. The zero-order valence-corrected chi connectivity index (χ0v) is 24.4. The molecule has 4 aromatic rings. The number of anilines is 1. The van der Waals surface area contributed by atoms with Crippen molar-refractivity contribution in [2.45, 2.75) is 57.5 Å². The Kier molecular flexibility index (Phi) is 8.95. The van der Waals surface area contributed by atoms with Gasteiger partial charge in [-0.15, -0.1) is 10.2 Å². The predicted octanol–water partition coefficient (Wildman–Crippen LogP) is 6.69. The Bertz CT molecular complexity index is 1650. The number of amides is 1. The van der Waals surface area contributed by atoms with Crippen LogP contribution in [0, 0.1) is 5.92 Å². The number of rotatable bonds is 9. The van der Waals surface area contributed by atoms with Crippen LogP contribution in [0.1, 0.15) is 56.5 Å². The minimum atomic E-state index is -4.43. The number of para-hydroxylation sites is 1. The third-order valence-corrected chi connectivity index (χ3v) is 7.82. The highest BCUT2D eigenvalue weighted by atomic mass is 35.5. The Morgan fingerprint density at radius 3 is 2.65 bits per heavy atom. The Morgan fingerprint density at radius 2 is 1.93 bits per heavy atom. The SMILES string of the molecule is CCOc1ccc(Cl)cc1-c1nnc([C@H]2CCC[C@@H](C(=O)Nc3c(CCC(F)(F)F)n(C)n(-c4ccccc4)c3=O)C2)o1. The summed E-state index contributed by atoms with van der Waals surface area (Å²) in [6.07, 6.45) is -3.71. The number of alkyl halides is 3. The number of carbonyl (C=O) groups excluding carboxylic acids is 1. The van der Waals surface area contributed by atoms with Crippen LogP contribution < -0.4 is 15.6 Å². The van der Waals surface area contributed by atoms with Crippen LogP contribution in [0.15, 0.2) is 57.7 Å². The molecule has 9 nitrogen and oxygen atoms in total. The maximum absolute atomic E-state index is 13.5. The molecule has 43 heavy (non-hydrogen) atoms. The fourth-order valence-corrected chi connectivity index (χ4v) is 5.69. The summed E-state index contributed by atoms with van der Waals surface area (Å²) in [5.74, 6) is -0.0108. The maximum atomic E-state index is 13.5.